The Balaban J connectivity index is 2.21. The van der Waals surface area contributed by atoms with Gasteiger partial charge in [0, 0.05) is 18.6 Å². The average molecular weight is 588 g/mol. The Morgan fingerprint density at radius 2 is 1.57 bits per heavy atom. The molecule has 4 N–H and O–H groups in total. The van der Waals surface area contributed by atoms with Gasteiger partial charge in [0.15, 0.2) is 0 Å². The van der Waals surface area contributed by atoms with Gasteiger partial charge in [-0.1, -0.05) is 52.2 Å². The maximum Gasteiger partial charge on any atom is 0.315 e. The van der Waals surface area contributed by atoms with Crippen LogP contribution < -0.4 is 21.3 Å². The van der Waals surface area contributed by atoms with Crippen LogP contribution in [-0.2, 0) is 19.2 Å². The second kappa shape index (κ2) is 15.9. The summed E-state index contributed by atoms with van der Waals surface area (Å²) in [4.78, 5) is 67.5. The van der Waals surface area contributed by atoms with E-state index in [1.807, 2.05) is 13.8 Å². The van der Waals surface area contributed by atoms with Gasteiger partial charge in [0.2, 0.25) is 17.6 Å². The van der Waals surface area contributed by atoms with Gasteiger partial charge in [-0.3, -0.25) is 19.2 Å². The van der Waals surface area contributed by atoms with Crippen molar-refractivity contribution in [2.75, 3.05) is 13.1 Å². The number of hydrogen-bond donors (Lipinski definition) is 4. The number of amides is 5. The fourth-order valence-electron chi connectivity index (χ4n) is 6.42. The quantitative estimate of drug-likeness (QED) is 0.181. The van der Waals surface area contributed by atoms with E-state index in [4.69, 9.17) is 0 Å². The predicted octanol–water partition coefficient (Wildman–Crippen LogP) is 3.76. The minimum atomic E-state index is -1.04. The van der Waals surface area contributed by atoms with Gasteiger partial charge in [-0.15, -0.1) is 13.2 Å². The summed E-state index contributed by atoms with van der Waals surface area (Å²) >= 11 is 0. The van der Waals surface area contributed by atoms with Crippen LogP contribution in [0.2, 0.25) is 0 Å². The van der Waals surface area contributed by atoms with Crippen LogP contribution in [0.1, 0.15) is 98.8 Å². The smallest absolute Gasteiger partial charge is 0.315 e. The van der Waals surface area contributed by atoms with Crippen LogP contribution in [0, 0.1) is 11.3 Å². The van der Waals surface area contributed by atoms with Crippen LogP contribution in [-0.4, -0.2) is 71.2 Å². The molecule has 3 atom stereocenters. The van der Waals surface area contributed by atoms with Gasteiger partial charge in [0.25, 0.3) is 5.91 Å². The van der Waals surface area contributed by atoms with Crippen molar-refractivity contribution >= 4 is 29.5 Å². The molecule has 10 heteroatoms. The summed E-state index contributed by atoms with van der Waals surface area (Å²) in [5, 5.41) is 11.2. The number of ketones is 1. The molecule has 236 valence electrons. The molecule has 0 spiro atoms. The van der Waals surface area contributed by atoms with E-state index in [9.17, 15) is 24.0 Å². The molecule has 1 saturated carbocycles. The Bertz CT molecular complexity index is 996. The number of rotatable bonds is 14. The highest BCUT2D eigenvalue weighted by Crippen LogP contribution is 2.30. The van der Waals surface area contributed by atoms with Crippen LogP contribution in [0.5, 0.6) is 0 Å². The topological polar surface area (TPSA) is 137 Å². The SMILES string of the molecule is C=CCCC(NC(=O)[C@@H]1CCCN1C(=O)C(NC(=O)NC(C)(C)CC(C)(C)C)C1CCCCC1)C(=O)C(=O)NCC=C. The fraction of sp³-hybridized carbons (Fsp3) is 0.719. The van der Waals surface area contributed by atoms with Gasteiger partial charge in [0.1, 0.15) is 12.1 Å². The molecule has 5 amide bonds. The summed E-state index contributed by atoms with van der Waals surface area (Å²) < 4.78 is 0. The van der Waals surface area contributed by atoms with Crippen molar-refractivity contribution in [3.63, 3.8) is 0 Å². The molecule has 1 heterocycles. The zero-order valence-electron chi connectivity index (χ0n) is 26.4. The molecule has 10 nitrogen and oxygen atoms in total. The van der Waals surface area contributed by atoms with Gasteiger partial charge in [-0.05, 0) is 70.1 Å². The fourth-order valence-corrected chi connectivity index (χ4v) is 6.42. The Morgan fingerprint density at radius 1 is 0.905 bits per heavy atom. The lowest BCUT2D eigenvalue weighted by molar-refractivity contribution is -0.143. The second-order valence-electron chi connectivity index (χ2n) is 13.6. The number of nitrogens with one attached hydrogen (secondary N) is 4. The highest BCUT2D eigenvalue weighted by molar-refractivity contribution is 6.38. The monoisotopic (exact) mass is 587 g/mol. The van der Waals surface area contributed by atoms with E-state index in [1.54, 1.807) is 11.0 Å². The number of hydrogen-bond acceptors (Lipinski definition) is 5. The number of nitrogens with zero attached hydrogens (tertiary/aromatic N) is 1. The molecule has 2 aliphatic rings. The van der Waals surface area contributed by atoms with Gasteiger partial charge in [-0.25, -0.2) is 4.79 Å². The zero-order valence-corrected chi connectivity index (χ0v) is 26.4. The van der Waals surface area contributed by atoms with E-state index in [1.165, 1.54) is 6.08 Å². The maximum atomic E-state index is 14.1. The lowest BCUT2D eigenvalue weighted by Gasteiger charge is -2.37. The lowest BCUT2D eigenvalue weighted by atomic mass is 9.81. The summed E-state index contributed by atoms with van der Waals surface area (Å²) in [7, 11) is 0. The van der Waals surface area contributed by atoms with Crippen molar-refractivity contribution in [2.24, 2.45) is 11.3 Å². The van der Waals surface area contributed by atoms with Crippen molar-refractivity contribution in [3.05, 3.63) is 25.3 Å². The summed E-state index contributed by atoms with van der Waals surface area (Å²) in [5.41, 5.74) is -0.480. The number of urea groups is 1. The van der Waals surface area contributed by atoms with Crippen LogP contribution in [0.4, 0.5) is 4.79 Å². The molecule has 1 aliphatic carbocycles. The van der Waals surface area contributed by atoms with Crippen molar-refractivity contribution in [2.45, 2.75) is 122 Å². The van der Waals surface area contributed by atoms with Gasteiger partial charge in [-0.2, -0.15) is 0 Å². The predicted molar refractivity (Wildman–Crippen MR) is 164 cm³/mol. The normalized spacial score (nSPS) is 19.3. The lowest BCUT2D eigenvalue weighted by Crippen LogP contribution is -2.60. The molecule has 2 unspecified atom stereocenters. The highest BCUT2D eigenvalue weighted by Gasteiger charge is 2.42. The summed E-state index contributed by atoms with van der Waals surface area (Å²) in [6, 6.07) is -2.98. The number of Topliss-reactive ketones (excluding diaryl/α,β-unsaturated/α-hetero) is 1. The first-order chi connectivity index (χ1) is 19.7. The number of carbonyl (C=O) groups is 5. The van der Waals surface area contributed by atoms with Gasteiger partial charge in [0.05, 0.1) is 6.04 Å². The van der Waals surface area contributed by atoms with Crippen molar-refractivity contribution in [1.82, 2.24) is 26.2 Å². The molecule has 0 aromatic rings. The first-order valence-corrected chi connectivity index (χ1v) is 15.4. The molecule has 0 aromatic carbocycles. The minimum absolute atomic E-state index is 0.00273. The molecule has 0 bridgehead atoms. The summed E-state index contributed by atoms with van der Waals surface area (Å²) in [6.07, 6.45) is 10.2. The molecular formula is C32H53N5O5. The number of allylic oxidation sites excluding steroid dienone is 1. The van der Waals surface area contributed by atoms with Crippen molar-refractivity contribution < 1.29 is 24.0 Å². The summed E-state index contributed by atoms with van der Waals surface area (Å²) in [5.74, 6) is -2.33. The third-order valence-corrected chi connectivity index (χ3v) is 7.86. The standard InChI is InChI=1S/C32H53N5O5/c1-8-10-17-23(26(38)28(40)33-19-9-2)34-27(39)24-18-14-20-37(24)29(41)25(22-15-12-11-13-16-22)35-30(42)36-32(6,7)21-31(3,4)5/h8-9,22-25H,1-2,10-21H2,3-7H3,(H,33,40)(H,34,39)(H2,35,36,42)/t23?,24-,25?/m0/s1. The molecule has 1 saturated heterocycles. The Hall–Kier alpha value is -3.17. The van der Waals surface area contributed by atoms with E-state index < -0.39 is 47.3 Å². The molecule has 0 radical (unpaired) electrons. The molecule has 2 fully saturated rings. The van der Waals surface area contributed by atoms with Crippen LogP contribution in [0.15, 0.2) is 25.3 Å². The highest BCUT2D eigenvalue weighted by atomic mass is 16.2. The molecule has 42 heavy (non-hydrogen) atoms. The Labute approximate surface area is 251 Å². The van der Waals surface area contributed by atoms with E-state index in [0.29, 0.717) is 25.8 Å². The van der Waals surface area contributed by atoms with E-state index >= 15 is 0 Å². The maximum absolute atomic E-state index is 14.1. The van der Waals surface area contributed by atoms with Crippen LogP contribution in [0.3, 0.4) is 0 Å². The molecular weight excluding hydrogens is 534 g/mol. The van der Waals surface area contributed by atoms with Gasteiger partial charge < -0.3 is 26.2 Å². The zero-order chi connectivity index (χ0) is 31.5. The third-order valence-electron chi connectivity index (χ3n) is 7.86. The Morgan fingerprint density at radius 3 is 2.17 bits per heavy atom. The average Bonchev–Trinajstić information content (AvgIpc) is 3.41. The van der Waals surface area contributed by atoms with E-state index in [-0.39, 0.29) is 30.2 Å². The van der Waals surface area contributed by atoms with E-state index in [2.05, 4.69) is 55.2 Å². The molecule has 1 aliphatic heterocycles. The van der Waals surface area contributed by atoms with Crippen molar-refractivity contribution in [1.29, 1.82) is 0 Å². The molecule has 2 rings (SSSR count). The minimum Gasteiger partial charge on any atom is -0.346 e. The second-order valence-corrected chi connectivity index (χ2v) is 13.6. The van der Waals surface area contributed by atoms with E-state index in [0.717, 1.165) is 38.5 Å². The first-order valence-electron chi connectivity index (χ1n) is 15.4. The number of carbonyl (C=O) groups excluding carboxylic acids is 5. The first kappa shape index (κ1) is 35.0. The van der Waals surface area contributed by atoms with Gasteiger partial charge >= 0.3 is 6.03 Å². The van der Waals surface area contributed by atoms with Crippen LogP contribution >= 0.6 is 0 Å². The summed E-state index contributed by atoms with van der Waals surface area (Å²) in [6.45, 7) is 18.0. The third kappa shape index (κ3) is 10.9. The van der Waals surface area contributed by atoms with Crippen molar-refractivity contribution in [3.8, 4) is 0 Å². The van der Waals surface area contributed by atoms with Crippen LogP contribution in [0.25, 0.3) is 0 Å². The largest absolute Gasteiger partial charge is 0.346 e. The number of likely N-dealkylation sites (tertiary alicyclic amines) is 1. The Kier molecular flexibility index (Phi) is 13.3. The molecule has 0 aromatic heterocycles.